The van der Waals surface area contributed by atoms with E-state index < -0.39 is 5.25 Å². The lowest BCUT2D eigenvalue weighted by Crippen LogP contribution is -2.36. The van der Waals surface area contributed by atoms with Crippen LogP contribution in [0.3, 0.4) is 0 Å². The second kappa shape index (κ2) is 9.87. The molecule has 2 heterocycles. The molecular formula is C25H25N3O3S. The Kier molecular flexibility index (Phi) is 6.75. The van der Waals surface area contributed by atoms with Crippen molar-refractivity contribution in [3.8, 4) is 0 Å². The zero-order chi connectivity index (χ0) is 22.5. The van der Waals surface area contributed by atoms with Gasteiger partial charge in [-0.15, -0.1) is 0 Å². The SMILES string of the molecule is CCN(Cc1ccccc1)C(=O)C(C)Sc1nc2ccccc2c(=O)n1Cc1ccco1. The first-order valence-corrected chi connectivity index (χ1v) is 11.5. The number of benzene rings is 2. The fraction of sp³-hybridized carbons (Fsp3) is 0.240. The number of hydrogen-bond acceptors (Lipinski definition) is 5. The van der Waals surface area contributed by atoms with Crippen LogP contribution in [-0.2, 0) is 17.9 Å². The standard InChI is InChI=1S/C25H25N3O3S/c1-3-27(16-19-10-5-4-6-11-19)23(29)18(2)32-25-26-22-14-8-7-13-21(22)24(30)28(25)17-20-12-9-15-31-20/h4-15,18H,3,16-17H2,1-2H3. The monoisotopic (exact) mass is 447 g/mol. The van der Waals surface area contributed by atoms with Gasteiger partial charge in [-0.25, -0.2) is 4.98 Å². The van der Waals surface area contributed by atoms with Crippen molar-refractivity contribution in [1.82, 2.24) is 14.5 Å². The number of hydrogen-bond donors (Lipinski definition) is 0. The van der Waals surface area contributed by atoms with Crippen LogP contribution in [0.25, 0.3) is 10.9 Å². The molecule has 2 aromatic heterocycles. The highest BCUT2D eigenvalue weighted by molar-refractivity contribution is 8.00. The third kappa shape index (κ3) is 4.78. The number of furan rings is 1. The minimum Gasteiger partial charge on any atom is -0.467 e. The van der Waals surface area contributed by atoms with Gasteiger partial charge in [0, 0.05) is 13.1 Å². The molecule has 0 fully saturated rings. The van der Waals surface area contributed by atoms with E-state index in [0.29, 0.717) is 34.9 Å². The van der Waals surface area contributed by atoms with Gasteiger partial charge in [0.1, 0.15) is 5.76 Å². The van der Waals surface area contributed by atoms with E-state index in [0.717, 1.165) is 5.56 Å². The maximum Gasteiger partial charge on any atom is 0.262 e. The van der Waals surface area contributed by atoms with Crippen molar-refractivity contribution in [1.29, 1.82) is 0 Å². The molecule has 4 rings (SSSR count). The van der Waals surface area contributed by atoms with E-state index in [2.05, 4.69) is 0 Å². The predicted molar refractivity (Wildman–Crippen MR) is 127 cm³/mol. The second-order valence-electron chi connectivity index (χ2n) is 7.48. The Morgan fingerprint density at radius 2 is 1.84 bits per heavy atom. The number of amides is 1. The fourth-order valence-electron chi connectivity index (χ4n) is 3.55. The fourth-order valence-corrected chi connectivity index (χ4v) is 4.54. The Morgan fingerprint density at radius 1 is 1.09 bits per heavy atom. The maximum atomic E-state index is 13.2. The summed E-state index contributed by atoms with van der Waals surface area (Å²) in [6.07, 6.45) is 1.58. The number of thioether (sulfide) groups is 1. The summed E-state index contributed by atoms with van der Waals surface area (Å²) in [4.78, 5) is 33.0. The summed E-state index contributed by atoms with van der Waals surface area (Å²) in [5, 5.41) is 0.637. The molecular weight excluding hydrogens is 422 g/mol. The molecule has 0 saturated heterocycles. The van der Waals surface area contributed by atoms with Gasteiger partial charge in [0.15, 0.2) is 5.16 Å². The summed E-state index contributed by atoms with van der Waals surface area (Å²) < 4.78 is 7.05. The summed E-state index contributed by atoms with van der Waals surface area (Å²) in [5.41, 5.74) is 1.55. The van der Waals surface area contributed by atoms with Crippen LogP contribution in [0.1, 0.15) is 25.2 Å². The molecule has 164 valence electrons. The maximum absolute atomic E-state index is 13.2. The molecule has 4 aromatic rings. The number of fused-ring (bicyclic) bond motifs is 1. The Balaban J connectivity index is 1.63. The van der Waals surface area contributed by atoms with E-state index in [-0.39, 0.29) is 18.0 Å². The average Bonchev–Trinajstić information content (AvgIpc) is 3.33. The van der Waals surface area contributed by atoms with E-state index in [4.69, 9.17) is 9.40 Å². The van der Waals surface area contributed by atoms with E-state index in [1.807, 2.05) is 73.3 Å². The minimum absolute atomic E-state index is 0.00769. The molecule has 6 nitrogen and oxygen atoms in total. The third-order valence-corrected chi connectivity index (χ3v) is 6.34. The summed E-state index contributed by atoms with van der Waals surface area (Å²) in [5.74, 6) is 0.664. The highest BCUT2D eigenvalue weighted by atomic mass is 32.2. The smallest absolute Gasteiger partial charge is 0.262 e. The van der Waals surface area contributed by atoms with Crippen molar-refractivity contribution in [2.75, 3.05) is 6.54 Å². The van der Waals surface area contributed by atoms with E-state index in [1.165, 1.54) is 11.8 Å². The highest BCUT2D eigenvalue weighted by Gasteiger charge is 2.24. The number of nitrogens with zero attached hydrogens (tertiary/aromatic N) is 3. The number of aromatic nitrogens is 2. The molecule has 0 saturated carbocycles. The van der Waals surface area contributed by atoms with Gasteiger partial charge in [0.25, 0.3) is 5.56 Å². The van der Waals surface area contributed by atoms with E-state index in [1.54, 1.807) is 23.0 Å². The highest BCUT2D eigenvalue weighted by Crippen LogP contribution is 2.25. The number of carbonyl (C=O) groups excluding carboxylic acids is 1. The van der Waals surface area contributed by atoms with Crippen LogP contribution in [0.4, 0.5) is 0 Å². The van der Waals surface area contributed by atoms with E-state index >= 15 is 0 Å². The van der Waals surface area contributed by atoms with E-state index in [9.17, 15) is 9.59 Å². The number of carbonyl (C=O) groups is 1. The largest absolute Gasteiger partial charge is 0.467 e. The molecule has 0 aliphatic heterocycles. The molecule has 0 aliphatic rings. The minimum atomic E-state index is -0.408. The Bertz CT molecular complexity index is 1250. The molecule has 0 bridgehead atoms. The first-order valence-electron chi connectivity index (χ1n) is 10.6. The molecule has 0 N–H and O–H groups in total. The second-order valence-corrected chi connectivity index (χ2v) is 8.79. The first kappa shape index (κ1) is 21.9. The van der Waals surface area contributed by atoms with Gasteiger partial charge in [-0.1, -0.05) is 54.2 Å². The van der Waals surface area contributed by atoms with Crippen molar-refractivity contribution in [3.05, 3.63) is 94.7 Å². The van der Waals surface area contributed by atoms with Crippen LogP contribution in [0.15, 0.2) is 87.4 Å². The Labute approximate surface area is 190 Å². The van der Waals surface area contributed by atoms with Gasteiger partial charge in [0.05, 0.1) is 29.0 Å². The van der Waals surface area contributed by atoms with Crippen LogP contribution in [0.5, 0.6) is 0 Å². The third-order valence-electron chi connectivity index (χ3n) is 5.26. The summed E-state index contributed by atoms with van der Waals surface area (Å²) in [6.45, 7) is 5.24. The van der Waals surface area contributed by atoms with Gasteiger partial charge >= 0.3 is 0 Å². The summed E-state index contributed by atoms with van der Waals surface area (Å²) in [7, 11) is 0. The number of para-hydroxylation sites is 1. The van der Waals surface area contributed by atoms with Crippen LogP contribution >= 0.6 is 11.8 Å². The Morgan fingerprint density at radius 3 is 2.56 bits per heavy atom. The van der Waals surface area contributed by atoms with Crippen LogP contribution in [0, 0.1) is 0 Å². The molecule has 32 heavy (non-hydrogen) atoms. The lowest BCUT2D eigenvalue weighted by Gasteiger charge is -2.24. The van der Waals surface area contributed by atoms with Gasteiger partial charge in [-0.05, 0) is 43.7 Å². The lowest BCUT2D eigenvalue weighted by atomic mass is 10.2. The summed E-state index contributed by atoms with van der Waals surface area (Å²) in [6, 6.07) is 20.8. The van der Waals surface area contributed by atoms with Crippen molar-refractivity contribution >= 4 is 28.6 Å². The molecule has 0 radical (unpaired) electrons. The molecule has 7 heteroatoms. The summed E-state index contributed by atoms with van der Waals surface area (Å²) >= 11 is 1.30. The number of rotatable bonds is 8. The van der Waals surface area contributed by atoms with Gasteiger partial charge in [-0.3, -0.25) is 14.2 Å². The molecule has 0 spiro atoms. The lowest BCUT2D eigenvalue weighted by molar-refractivity contribution is -0.130. The van der Waals surface area contributed by atoms with Crippen LogP contribution < -0.4 is 5.56 Å². The first-order chi connectivity index (χ1) is 15.6. The normalized spacial score (nSPS) is 12.1. The topological polar surface area (TPSA) is 68.3 Å². The van der Waals surface area contributed by atoms with Crippen molar-refractivity contribution < 1.29 is 9.21 Å². The van der Waals surface area contributed by atoms with Gasteiger partial charge < -0.3 is 9.32 Å². The van der Waals surface area contributed by atoms with Crippen LogP contribution in [0.2, 0.25) is 0 Å². The molecule has 1 atom stereocenters. The van der Waals surface area contributed by atoms with Crippen LogP contribution in [-0.4, -0.2) is 32.2 Å². The molecule has 0 aliphatic carbocycles. The van der Waals surface area contributed by atoms with Gasteiger partial charge in [0.2, 0.25) is 5.91 Å². The van der Waals surface area contributed by atoms with Crippen molar-refractivity contribution in [2.24, 2.45) is 0 Å². The average molecular weight is 448 g/mol. The Hall–Kier alpha value is -3.32. The molecule has 1 unspecified atom stereocenters. The quantitative estimate of drug-likeness (QED) is 0.292. The molecule has 2 aromatic carbocycles. The van der Waals surface area contributed by atoms with Crippen molar-refractivity contribution in [2.45, 2.75) is 37.3 Å². The van der Waals surface area contributed by atoms with Crippen molar-refractivity contribution in [3.63, 3.8) is 0 Å². The van der Waals surface area contributed by atoms with Gasteiger partial charge in [-0.2, -0.15) is 0 Å². The predicted octanol–water partition coefficient (Wildman–Crippen LogP) is 4.57. The zero-order valence-electron chi connectivity index (χ0n) is 18.1. The molecule has 1 amide bonds. The zero-order valence-corrected chi connectivity index (χ0v) is 18.9.